The number of quaternary nitrogens is 1. The molecule has 0 aromatic rings. The third kappa shape index (κ3) is 3.62. The zero-order chi connectivity index (χ0) is 18.0. The maximum Gasteiger partial charge on any atom is 0.460 e. The fourth-order valence-corrected chi connectivity index (χ4v) is 2.09. The zero-order valence-corrected chi connectivity index (χ0v) is 12.4. The molecule has 0 radical (unpaired) electrons. The van der Waals surface area contributed by atoms with Crippen LogP contribution >= 0.6 is 0 Å². The Hall–Kier alpha value is -0.670. The van der Waals surface area contributed by atoms with E-state index in [1.165, 1.54) is 0 Å². The largest absolute Gasteiger partial charge is 0.460 e. The summed E-state index contributed by atoms with van der Waals surface area (Å²) in [5, 5.41) is 0. The fraction of sp³-hybridized carbons (Fsp3) is 1.00. The van der Waals surface area contributed by atoms with Crippen molar-refractivity contribution < 1.29 is 44.0 Å². The van der Waals surface area contributed by atoms with Gasteiger partial charge in [-0.25, -0.2) is 0 Å². The summed E-state index contributed by atoms with van der Waals surface area (Å²) in [6.07, 6.45) is -8.52. The molecule has 134 valence electrons. The average molecular weight is 348 g/mol. The number of alkyl halides is 9. The van der Waals surface area contributed by atoms with Gasteiger partial charge >= 0.3 is 23.9 Å². The summed E-state index contributed by atoms with van der Waals surface area (Å²) in [5.74, 6) is -18.8. The topological polar surface area (TPSA) is 0 Å². The second kappa shape index (κ2) is 6.45. The van der Waals surface area contributed by atoms with Crippen LogP contribution in [0, 0.1) is 0 Å². The number of rotatable bonds is 8. The lowest BCUT2D eigenvalue weighted by molar-refractivity contribution is -0.924. The first-order valence-electron chi connectivity index (χ1n) is 6.69. The number of halogens is 9. The minimum atomic E-state index is -6.80. The van der Waals surface area contributed by atoms with Gasteiger partial charge in [-0.2, -0.15) is 39.5 Å². The molecule has 0 saturated carbocycles. The van der Waals surface area contributed by atoms with E-state index in [-0.39, 0.29) is 24.1 Å². The van der Waals surface area contributed by atoms with Gasteiger partial charge in [0.1, 0.15) is 0 Å². The molecule has 0 aromatic carbocycles. The molecule has 0 spiro atoms. The van der Waals surface area contributed by atoms with Gasteiger partial charge < -0.3 is 4.48 Å². The van der Waals surface area contributed by atoms with Gasteiger partial charge in [0.2, 0.25) is 0 Å². The van der Waals surface area contributed by atoms with Gasteiger partial charge in [-0.3, -0.25) is 0 Å². The molecule has 1 nitrogen and oxygen atoms in total. The van der Waals surface area contributed by atoms with Gasteiger partial charge in [0.25, 0.3) is 0 Å². The number of nitrogens with zero attached hydrogens (tertiary/aromatic N) is 1. The van der Waals surface area contributed by atoms with Crippen molar-refractivity contribution in [1.82, 2.24) is 0 Å². The summed E-state index contributed by atoms with van der Waals surface area (Å²) in [4.78, 5) is 0. The van der Waals surface area contributed by atoms with Crippen LogP contribution in [0.25, 0.3) is 0 Å². The summed E-state index contributed by atoms with van der Waals surface area (Å²) in [6.45, 7) is 4.95. The van der Waals surface area contributed by atoms with E-state index in [9.17, 15) is 39.5 Å². The predicted octanol–water partition coefficient (Wildman–Crippen LogP) is 4.72. The minimum absolute atomic E-state index is 0.0801. The first-order chi connectivity index (χ1) is 9.64. The van der Waals surface area contributed by atoms with Crippen molar-refractivity contribution in [3.05, 3.63) is 0 Å². The summed E-state index contributed by atoms with van der Waals surface area (Å²) in [5.41, 5.74) is 0. The summed E-state index contributed by atoms with van der Waals surface area (Å²) in [6, 6.07) is 0. The molecule has 0 heterocycles. The second-order valence-corrected chi connectivity index (χ2v) is 5.11. The molecule has 0 rings (SSSR count). The van der Waals surface area contributed by atoms with Gasteiger partial charge in [0.05, 0.1) is 32.6 Å². The lowest BCUT2D eigenvalue weighted by Crippen LogP contribution is -2.62. The van der Waals surface area contributed by atoms with Crippen molar-refractivity contribution in [1.29, 1.82) is 0 Å². The Bertz CT molecular complexity index is 350. The van der Waals surface area contributed by atoms with Crippen LogP contribution < -0.4 is 0 Å². The van der Waals surface area contributed by atoms with Crippen molar-refractivity contribution in [2.24, 2.45) is 0 Å². The SMILES string of the molecule is CC[N+](CC)(CC)CCC(F)(F)C(F)(F)C(F)(F)C(F)(F)F. The van der Waals surface area contributed by atoms with Gasteiger partial charge in [0, 0.05) is 0 Å². The molecule has 0 fully saturated rings. The third-order valence-corrected chi connectivity index (χ3v) is 4.12. The Morgan fingerprint density at radius 3 is 1.27 bits per heavy atom. The highest BCUT2D eigenvalue weighted by molar-refractivity contribution is 5.00. The van der Waals surface area contributed by atoms with Crippen molar-refractivity contribution in [2.45, 2.75) is 51.1 Å². The van der Waals surface area contributed by atoms with E-state index in [2.05, 4.69) is 0 Å². The molecular weight excluding hydrogens is 329 g/mol. The number of hydrogen-bond donors (Lipinski definition) is 0. The minimum Gasteiger partial charge on any atom is -0.324 e. The van der Waals surface area contributed by atoms with E-state index in [1.807, 2.05) is 0 Å². The average Bonchev–Trinajstić information content (AvgIpc) is 2.39. The van der Waals surface area contributed by atoms with Gasteiger partial charge in [0.15, 0.2) is 0 Å². The lowest BCUT2D eigenvalue weighted by Gasteiger charge is -2.39. The second-order valence-electron chi connectivity index (χ2n) is 5.11. The van der Waals surface area contributed by atoms with Gasteiger partial charge in [-0.05, 0) is 20.8 Å². The molecule has 0 N–H and O–H groups in total. The zero-order valence-electron chi connectivity index (χ0n) is 12.4. The van der Waals surface area contributed by atoms with Crippen LogP contribution in [-0.4, -0.2) is 54.6 Å². The molecule has 0 saturated heterocycles. The normalized spacial score (nSPS) is 15.3. The molecule has 0 aromatic heterocycles. The molecule has 0 atom stereocenters. The van der Waals surface area contributed by atoms with Gasteiger partial charge in [-0.15, -0.1) is 0 Å². The molecule has 0 aliphatic rings. The smallest absolute Gasteiger partial charge is 0.324 e. The molecule has 0 aliphatic heterocycles. The molecule has 0 bridgehead atoms. The Kier molecular flexibility index (Phi) is 6.25. The van der Waals surface area contributed by atoms with Crippen LogP contribution in [0.2, 0.25) is 0 Å². The van der Waals surface area contributed by atoms with E-state index in [0.717, 1.165) is 0 Å². The van der Waals surface area contributed by atoms with E-state index in [4.69, 9.17) is 0 Å². The Labute approximate surface area is 122 Å². The third-order valence-electron chi connectivity index (χ3n) is 4.12. The Morgan fingerprint density at radius 1 is 0.636 bits per heavy atom. The van der Waals surface area contributed by atoms with Crippen LogP contribution in [0.15, 0.2) is 0 Å². The maximum atomic E-state index is 13.4. The van der Waals surface area contributed by atoms with E-state index >= 15 is 0 Å². The first kappa shape index (κ1) is 21.3. The molecule has 0 aliphatic carbocycles. The Balaban J connectivity index is 5.39. The predicted molar refractivity (Wildman–Crippen MR) is 62.3 cm³/mol. The Morgan fingerprint density at radius 2 is 1.00 bits per heavy atom. The molecule has 0 amide bonds. The van der Waals surface area contributed by atoms with Crippen LogP contribution in [0.1, 0.15) is 27.2 Å². The van der Waals surface area contributed by atoms with E-state index in [1.54, 1.807) is 20.8 Å². The van der Waals surface area contributed by atoms with Crippen molar-refractivity contribution in [3.63, 3.8) is 0 Å². The quantitative estimate of drug-likeness (QED) is 0.440. The van der Waals surface area contributed by atoms with Crippen LogP contribution in [0.5, 0.6) is 0 Å². The summed E-state index contributed by atoms with van der Waals surface area (Å²) >= 11 is 0. The van der Waals surface area contributed by atoms with Gasteiger partial charge in [-0.1, -0.05) is 0 Å². The maximum absolute atomic E-state index is 13.4. The van der Waals surface area contributed by atoms with Crippen molar-refractivity contribution >= 4 is 0 Å². The van der Waals surface area contributed by atoms with E-state index < -0.39 is 36.9 Å². The molecule has 0 unspecified atom stereocenters. The lowest BCUT2D eigenvalue weighted by atomic mass is 10.0. The monoisotopic (exact) mass is 348 g/mol. The fourth-order valence-electron chi connectivity index (χ4n) is 2.09. The molecule has 22 heavy (non-hydrogen) atoms. The van der Waals surface area contributed by atoms with Crippen molar-refractivity contribution in [2.75, 3.05) is 26.2 Å². The van der Waals surface area contributed by atoms with Crippen LogP contribution in [-0.2, 0) is 0 Å². The highest BCUT2D eigenvalue weighted by Gasteiger charge is 2.81. The molecular formula is C12H19F9N+. The van der Waals surface area contributed by atoms with Crippen LogP contribution in [0.3, 0.4) is 0 Å². The van der Waals surface area contributed by atoms with Crippen molar-refractivity contribution in [3.8, 4) is 0 Å². The molecule has 10 heteroatoms. The highest BCUT2D eigenvalue weighted by atomic mass is 19.4. The first-order valence-corrected chi connectivity index (χ1v) is 6.69. The standard InChI is InChI=1S/C12H19F9N/c1-4-22(5-2,6-3)8-7-9(13,14)10(15,16)11(17,18)12(19,20)21/h4-8H2,1-3H3/q+1. The summed E-state index contributed by atoms with van der Waals surface area (Å²) in [7, 11) is 0. The number of hydrogen-bond acceptors (Lipinski definition) is 0. The highest BCUT2D eigenvalue weighted by Crippen LogP contribution is 2.54. The van der Waals surface area contributed by atoms with E-state index in [0.29, 0.717) is 0 Å². The summed E-state index contributed by atoms with van der Waals surface area (Å²) < 4.78 is 114. The van der Waals surface area contributed by atoms with Crippen LogP contribution in [0.4, 0.5) is 39.5 Å².